The molecule has 0 bridgehead atoms. The van der Waals surface area contributed by atoms with Crippen molar-refractivity contribution in [2.75, 3.05) is 6.54 Å². The second-order valence-electron chi connectivity index (χ2n) is 4.82. The number of sulfonamides is 1. The maximum absolute atomic E-state index is 12.0. The van der Waals surface area contributed by atoms with Crippen molar-refractivity contribution < 1.29 is 12.8 Å². The molecule has 1 aromatic heterocycles. The zero-order valence-electron chi connectivity index (χ0n) is 12.0. The van der Waals surface area contributed by atoms with Crippen LogP contribution in [0.5, 0.6) is 0 Å². The van der Waals surface area contributed by atoms with Crippen LogP contribution in [0.25, 0.3) is 0 Å². The van der Waals surface area contributed by atoms with Crippen molar-refractivity contribution in [2.45, 2.75) is 50.8 Å². The Balaban J connectivity index is 2.49. The van der Waals surface area contributed by atoms with Gasteiger partial charge in [-0.15, -0.1) is 12.3 Å². The Morgan fingerprint density at radius 2 is 2.10 bits per heavy atom. The fraction of sp³-hybridized carbons (Fsp3) is 0.571. The molecular weight excluding hydrogens is 276 g/mol. The molecule has 0 amide bonds. The minimum Gasteiger partial charge on any atom is -0.447 e. The maximum Gasteiger partial charge on any atom is 0.273 e. The van der Waals surface area contributed by atoms with E-state index in [0.29, 0.717) is 37.7 Å². The van der Waals surface area contributed by atoms with Crippen LogP contribution in [0.15, 0.2) is 21.6 Å². The van der Waals surface area contributed by atoms with Crippen molar-refractivity contribution in [3.05, 3.63) is 17.9 Å². The van der Waals surface area contributed by atoms with Crippen molar-refractivity contribution in [3.8, 4) is 12.3 Å². The number of unbranched alkanes of at least 4 members (excludes halogenated alkanes) is 2. The maximum atomic E-state index is 12.0. The van der Waals surface area contributed by atoms with E-state index in [0.717, 1.165) is 6.42 Å². The van der Waals surface area contributed by atoms with E-state index in [-0.39, 0.29) is 5.09 Å². The first-order valence-corrected chi connectivity index (χ1v) is 8.19. The van der Waals surface area contributed by atoms with Gasteiger partial charge in [0.2, 0.25) is 5.09 Å². The zero-order chi connectivity index (χ0) is 15.0. The van der Waals surface area contributed by atoms with Gasteiger partial charge in [-0.25, -0.2) is 13.1 Å². The van der Waals surface area contributed by atoms with Gasteiger partial charge in [0.25, 0.3) is 10.0 Å². The Bertz CT molecular complexity index is 541. The summed E-state index contributed by atoms with van der Waals surface area (Å²) in [5, 5.41) is 3.12. The predicted octanol–water partition coefficient (Wildman–Crippen LogP) is 1.86. The molecule has 2 N–H and O–H groups in total. The van der Waals surface area contributed by atoms with Gasteiger partial charge in [0.1, 0.15) is 5.76 Å². The normalized spacial score (nSPS) is 11.7. The van der Waals surface area contributed by atoms with Crippen LogP contribution in [0.3, 0.4) is 0 Å². The van der Waals surface area contributed by atoms with Crippen LogP contribution in [-0.2, 0) is 16.6 Å². The molecule has 20 heavy (non-hydrogen) atoms. The van der Waals surface area contributed by atoms with Gasteiger partial charge in [-0.1, -0.05) is 13.8 Å². The molecular formula is C14H22N2O3S. The van der Waals surface area contributed by atoms with Crippen molar-refractivity contribution in [2.24, 2.45) is 0 Å². The number of terminal acetylenes is 1. The van der Waals surface area contributed by atoms with Gasteiger partial charge in [0.15, 0.2) is 0 Å². The average molecular weight is 298 g/mol. The third kappa shape index (κ3) is 5.78. The molecule has 0 aliphatic heterocycles. The van der Waals surface area contributed by atoms with Crippen LogP contribution in [0, 0.1) is 12.3 Å². The first-order valence-electron chi connectivity index (χ1n) is 6.71. The lowest BCUT2D eigenvalue weighted by Gasteiger charge is -2.05. The van der Waals surface area contributed by atoms with E-state index in [9.17, 15) is 8.42 Å². The van der Waals surface area contributed by atoms with Crippen LogP contribution in [0.4, 0.5) is 0 Å². The van der Waals surface area contributed by atoms with E-state index in [1.807, 2.05) is 13.8 Å². The summed E-state index contributed by atoms with van der Waals surface area (Å²) in [6, 6.07) is 3.46. The van der Waals surface area contributed by atoms with Crippen molar-refractivity contribution in [3.63, 3.8) is 0 Å². The SMILES string of the molecule is C#CCCCCNS(=O)(=O)c1ccc(CNC(C)C)o1. The highest BCUT2D eigenvalue weighted by Gasteiger charge is 2.17. The smallest absolute Gasteiger partial charge is 0.273 e. The summed E-state index contributed by atoms with van der Waals surface area (Å²) in [5.74, 6) is 3.12. The molecule has 112 valence electrons. The summed E-state index contributed by atoms with van der Waals surface area (Å²) in [6.45, 7) is 4.90. The highest BCUT2D eigenvalue weighted by atomic mass is 32.2. The van der Waals surface area contributed by atoms with Crippen LogP contribution < -0.4 is 10.0 Å². The largest absolute Gasteiger partial charge is 0.447 e. The Hall–Kier alpha value is -1.29. The van der Waals surface area contributed by atoms with Crippen molar-refractivity contribution >= 4 is 10.0 Å². The Kier molecular flexibility index (Phi) is 6.79. The number of nitrogens with one attached hydrogen (secondary N) is 2. The van der Waals surface area contributed by atoms with E-state index < -0.39 is 10.0 Å². The Morgan fingerprint density at radius 1 is 1.35 bits per heavy atom. The highest BCUT2D eigenvalue weighted by Crippen LogP contribution is 2.13. The molecule has 0 spiro atoms. The molecule has 5 nitrogen and oxygen atoms in total. The van der Waals surface area contributed by atoms with Gasteiger partial charge in [-0.3, -0.25) is 0 Å². The van der Waals surface area contributed by atoms with Crippen LogP contribution in [-0.4, -0.2) is 21.0 Å². The molecule has 0 saturated carbocycles. The van der Waals surface area contributed by atoms with Crippen molar-refractivity contribution in [1.29, 1.82) is 0 Å². The minimum absolute atomic E-state index is 0.0463. The number of rotatable bonds is 9. The average Bonchev–Trinajstić information content (AvgIpc) is 2.85. The second kappa shape index (κ2) is 8.10. The number of furan rings is 1. The van der Waals surface area contributed by atoms with Crippen molar-refractivity contribution in [1.82, 2.24) is 10.0 Å². The zero-order valence-corrected chi connectivity index (χ0v) is 12.8. The summed E-state index contributed by atoms with van der Waals surface area (Å²) in [7, 11) is -3.56. The Morgan fingerprint density at radius 3 is 2.75 bits per heavy atom. The third-order valence-corrected chi connectivity index (χ3v) is 3.96. The van der Waals surface area contributed by atoms with Crippen LogP contribution in [0.1, 0.15) is 38.9 Å². The minimum atomic E-state index is -3.56. The summed E-state index contributed by atoms with van der Waals surface area (Å²) in [4.78, 5) is 0. The monoisotopic (exact) mass is 298 g/mol. The van der Waals surface area contributed by atoms with Gasteiger partial charge >= 0.3 is 0 Å². The first kappa shape index (κ1) is 16.8. The fourth-order valence-corrected chi connectivity index (χ4v) is 2.55. The Labute approximate surface area is 121 Å². The molecule has 0 radical (unpaired) electrons. The molecule has 1 aromatic rings. The molecule has 0 aromatic carbocycles. The topological polar surface area (TPSA) is 71.3 Å². The lowest BCUT2D eigenvalue weighted by atomic mass is 10.2. The lowest BCUT2D eigenvalue weighted by Crippen LogP contribution is -2.24. The van der Waals surface area contributed by atoms with Gasteiger partial charge in [0, 0.05) is 19.0 Å². The van der Waals surface area contributed by atoms with E-state index in [1.165, 1.54) is 6.07 Å². The number of hydrogen-bond donors (Lipinski definition) is 2. The molecule has 0 saturated heterocycles. The second-order valence-corrected chi connectivity index (χ2v) is 6.51. The van der Waals surface area contributed by atoms with Crippen LogP contribution in [0.2, 0.25) is 0 Å². The lowest BCUT2D eigenvalue weighted by molar-refractivity contribution is 0.393. The molecule has 0 atom stereocenters. The third-order valence-electron chi connectivity index (χ3n) is 2.63. The van der Waals surface area contributed by atoms with Gasteiger partial charge in [0.05, 0.1) is 6.54 Å². The molecule has 0 fully saturated rings. The highest BCUT2D eigenvalue weighted by molar-refractivity contribution is 7.89. The van der Waals surface area contributed by atoms with Gasteiger partial charge < -0.3 is 9.73 Å². The summed E-state index contributed by atoms with van der Waals surface area (Å²) in [6.07, 6.45) is 7.31. The first-order chi connectivity index (χ1) is 9.45. The summed E-state index contributed by atoms with van der Waals surface area (Å²) < 4.78 is 31.7. The predicted molar refractivity (Wildman–Crippen MR) is 78.6 cm³/mol. The molecule has 0 unspecified atom stereocenters. The van der Waals surface area contributed by atoms with Gasteiger partial charge in [-0.05, 0) is 25.0 Å². The fourth-order valence-electron chi connectivity index (χ4n) is 1.53. The van der Waals surface area contributed by atoms with Gasteiger partial charge in [-0.2, -0.15) is 0 Å². The summed E-state index contributed by atoms with van der Waals surface area (Å²) >= 11 is 0. The standard InChI is InChI=1S/C14H22N2O3S/c1-4-5-6-7-10-16-20(17,18)14-9-8-13(19-14)11-15-12(2)3/h1,8-9,12,15-16H,5-7,10-11H2,2-3H3. The van der Waals surface area contributed by atoms with Crippen LogP contribution >= 0.6 is 0 Å². The molecule has 0 aliphatic carbocycles. The van der Waals surface area contributed by atoms with E-state index in [2.05, 4.69) is 16.0 Å². The van der Waals surface area contributed by atoms with E-state index in [4.69, 9.17) is 10.8 Å². The van der Waals surface area contributed by atoms with E-state index >= 15 is 0 Å². The summed E-state index contributed by atoms with van der Waals surface area (Å²) in [5.41, 5.74) is 0. The molecule has 0 aliphatic rings. The quantitative estimate of drug-likeness (QED) is 0.539. The van der Waals surface area contributed by atoms with E-state index in [1.54, 1.807) is 6.07 Å². The molecule has 6 heteroatoms. The number of hydrogen-bond acceptors (Lipinski definition) is 4. The molecule has 1 heterocycles. The molecule has 1 rings (SSSR count).